The van der Waals surface area contributed by atoms with Crippen molar-refractivity contribution >= 4 is 38.7 Å². The molecule has 0 atom stereocenters. The first-order valence-corrected chi connectivity index (χ1v) is 11.7. The summed E-state index contributed by atoms with van der Waals surface area (Å²) in [5, 5.41) is 6.95. The van der Waals surface area contributed by atoms with Crippen LogP contribution in [0, 0.1) is 0 Å². The van der Waals surface area contributed by atoms with Crippen LogP contribution in [0.4, 0.5) is 11.4 Å². The molecule has 8 heteroatoms. The predicted octanol–water partition coefficient (Wildman–Crippen LogP) is 3.40. The molecule has 6 nitrogen and oxygen atoms in total. The van der Waals surface area contributed by atoms with Crippen molar-refractivity contribution in [3.8, 4) is 0 Å². The van der Waals surface area contributed by atoms with E-state index in [2.05, 4.69) is 22.5 Å². The van der Waals surface area contributed by atoms with Crippen LogP contribution in [0.15, 0.2) is 23.1 Å². The van der Waals surface area contributed by atoms with E-state index in [-0.39, 0.29) is 0 Å². The van der Waals surface area contributed by atoms with Gasteiger partial charge in [0.15, 0.2) is 5.11 Å². The van der Waals surface area contributed by atoms with Gasteiger partial charge in [-0.1, -0.05) is 27.2 Å². The molecule has 0 radical (unpaired) electrons. The molecule has 27 heavy (non-hydrogen) atoms. The van der Waals surface area contributed by atoms with E-state index < -0.39 is 10.0 Å². The standard InChI is InChI=1S/C19H32N4O2S2/c1-4-7-12-20-19(26)21-17-15-16(27(24,25)23(5-2)6-3)10-11-18(17)22-13-8-9-14-22/h10-11,15H,4-9,12-14H2,1-3H3,(H2,20,21,26). The van der Waals surface area contributed by atoms with Crippen LogP contribution in [-0.2, 0) is 10.0 Å². The maximum atomic E-state index is 12.9. The van der Waals surface area contributed by atoms with Crippen molar-refractivity contribution in [3.63, 3.8) is 0 Å². The summed E-state index contributed by atoms with van der Waals surface area (Å²) in [6, 6.07) is 5.33. The lowest BCUT2D eigenvalue weighted by Crippen LogP contribution is -2.32. The molecule has 0 aromatic heterocycles. The van der Waals surface area contributed by atoms with Crippen LogP contribution >= 0.6 is 12.2 Å². The molecule has 0 spiro atoms. The normalized spacial score (nSPS) is 14.6. The maximum Gasteiger partial charge on any atom is 0.243 e. The molecule has 2 rings (SSSR count). The average molecular weight is 413 g/mol. The molecule has 0 saturated carbocycles. The molecule has 0 aliphatic carbocycles. The maximum absolute atomic E-state index is 12.9. The van der Waals surface area contributed by atoms with Crippen molar-refractivity contribution in [2.24, 2.45) is 0 Å². The number of rotatable bonds is 9. The van der Waals surface area contributed by atoms with Gasteiger partial charge < -0.3 is 15.5 Å². The van der Waals surface area contributed by atoms with Crippen LogP contribution in [0.5, 0.6) is 0 Å². The highest BCUT2D eigenvalue weighted by molar-refractivity contribution is 7.89. The lowest BCUT2D eigenvalue weighted by Gasteiger charge is -2.24. The van der Waals surface area contributed by atoms with Crippen LogP contribution in [-0.4, -0.2) is 50.6 Å². The molecule has 0 bridgehead atoms. The van der Waals surface area contributed by atoms with Gasteiger partial charge in [0.05, 0.1) is 16.3 Å². The largest absolute Gasteiger partial charge is 0.370 e. The van der Waals surface area contributed by atoms with Crippen LogP contribution in [0.2, 0.25) is 0 Å². The zero-order valence-corrected chi connectivity index (χ0v) is 18.3. The summed E-state index contributed by atoms with van der Waals surface area (Å²) in [6.45, 7) is 9.50. The third-order valence-corrected chi connectivity index (χ3v) is 7.11. The Balaban J connectivity index is 2.32. The van der Waals surface area contributed by atoms with Crippen LogP contribution < -0.4 is 15.5 Å². The molecular weight excluding hydrogens is 380 g/mol. The molecule has 1 fully saturated rings. The van der Waals surface area contributed by atoms with E-state index in [0.717, 1.165) is 56.7 Å². The smallest absolute Gasteiger partial charge is 0.243 e. The predicted molar refractivity (Wildman–Crippen MR) is 117 cm³/mol. The van der Waals surface area contributed by atoms with Crippen molar-refractivity contribution in [3.05, 3.63) is 18.2 Å². The quantitative estimate of drug-likeness (QED) is 0.479. The Morgan fingerprint density at radius 2 is 1.85 bits per heavy atom. The monoisotopic (exact) mass is 412 g/mol. The lowest BCUT2D eigenvalue weighted by molar-refractivity contribution is 0.445. The van der Waals surface area contributed by atoms with E-state index >= 15 is 0 Å². The van der Waals surface area contributed by atoms with E-state index in [1.54, 1.807) is 12.1 Å². The molecule has 1 aliphatic rings. The first-order chi connectivity index (χ1) is 12.9. The number of hydrogen-bond acceptors (Lipinski definition) is 4. The first kappa shape index (κ1) is 21.9. The molecule has 1 heterocycles. The number of anilines is 2. The highest BCUT2D eigenvalue weighted by atomic mass is 32.2. The minimum Gasteiger partial charge on any atom is -0.370 e. The van der Waals surface area contributed by atoms with Gasteiger partial charge in [0.25, 0.3) is 0 Å². The molecule has 152 valence electrons. The molecule has 1 aromatic carbocycles. The Hall–Kier alpha value is -1.38. The first-order valence-electron chi connectivity index (χ1n) is 9.88. The van der Waals surface area contributed by atoms with Crippen molar-refractivity contribution in [2.75, 3.05) is 42.9 Å². The van der Waals surface area contributed by atoms with Crippen LogP contribution in [0.3, 0.4) is 0 Å². The Labute approximate surface area is 169 Å². The third kappa shape index (κ3) is 5.56. The minimum absolute atomic E-state index is 0.299. The Kier molecular flexibility index (Phi) is 8.31. The van der Waals surface area contributed by atoms with Gasteiger partial charge in [0.1, 0.15) is 0 Å². The second-order valence-corrected chi connectivity index (χ2v) is 9.04. The fourth-order valence-electron chi connectivity index (χ4n) is 3.27. The second kappa shape index (κ2) is 10.2. The molecule has 1 aromatic rings. The Morgan fingerprint density at radius 1 is 1.19 bits per heavy atom. The summed E-state index contributed by atoms with van der Waals surface area (Å²) < 4.78 is 27.3. The molecule has 0 amide bonds. The van der Waals surface area contributed by atoms with Gasteiger partial charge in [-0.25, -0.2) is 8.42 Å². The van der Waals surface area contributed by atoms with E-state index in [9.17, 15) is 8.42 Å². The number of sulfonamides is 1. The summed E-state index contributed by atoms with van der Waals surface area (Å²) in [5.41, 5.74) is 1.75. The van der Waals surface area contributed by atoms with Gasteiger partial charge >= 0.3 is 0 Å². The average Bonchev–Trinajstić information content (AvgIpc) is 3.17. The lowest BCUT2D eigenvalue weighted by atomic mass is 10.2. The number of thiocarbonyl (C=S) groups is 1. The van der Waals surface area contributed by atoms with Crippen LogP contribution in [0.25, 0.3) is 0 Å². The van der Waals surface area contributed by atoms with Crippen molar-refractivity contribution in [1.82, 2.24) is 9.62 Å². The summed E-state index contributed by atoms with van der Waals surface area (Å²) in [7, 11) is -3.51. The van der Waals surface area contributed by atoms with Crippen LogP contribution in [0.1, 0.15) is 46.5 Å². The Morgan fingerprint density at radius 3 is 2.44 bits per heavy atom. The second-order valence-electron chi connectivity index (χ2n) is 6.70. The van der Waals surface area contributed by atoms with Crippen molar-refractivity contribution < 1.29 is 8.42 Å². The van der Waals surface area contributed by atoms with Gasteiger partial charge in [-0.3, -0.25) is 0 Å². The van der Waals surface area contributed by atoms with Gasteiger partial charge in [-0.2, -0.15) is 4.31 Å². The van der Waals surface area contributed by atoms with E-state index in [1.165, 1.54) is 4.31 Å². The topological polar surface area (TPSA) is 64.7 Å². The highest BCUT2D eigenvalue weighted by Gasteiger charge is 2.24. The molecule has 0 unspecified atom stereocenters. The summed E-state index contributed by atoms with van der Waals surface area (Å²) in [4.78, 5) is 2.58. The number of benzene rings is 1. The zero-order chi connectivity index (χ0) is 19.9. The van der Waals surface area contributed by atoms with Gasteiger partial charge in [-0.05, 0) is 49.7 Å². The van der Waals surface area contributed by atoms with E-state index in [0.29, 0.717) is 23.1 Å². The Bertz CT molecular complexity index is 727. The zero-order valence-electron chi connectivity index (χ0n) is 16.6. The van der Waals surface area contributed by atoms with Crippen molar-refractivity contribution in [2.45, 2.75) is 51.3 Å². The molecule has 2 N–H and O–H groups in total. The molecule has 1 saturated heterocycles. The summed E-state index contributed by atoms with van der Waals surface area (Å²) >= 11 is 5.42. The van der Waals surface area contributed by atoms with Crippen molar-refractivity contribution in [1.29, 1.82) is 0 Å². The number of nitrogens with one attached hydrogen (secondary N) is 2. The van der Waals surface area contributed by atoms with Gasteiger partial charge in [0, 0.05) is 32.7 Å². The number of hydrogen-bond donors (Lipinski definition) is 2. The van der Waals surface area contributed by atoms with E-state index in [1.807, 2.05) is 19.9 Å². The fraction of sp³-hybridized carbons (Fsp3) is 0.632. The summed E-state index contributed by atoms with van der Waals surface area (Å²) in [5.74, 6) is 0. The third-order valence-electron chi connectivity index (χ3n) is 4.82. The SMILES string of the molecule is CCCCNC(=S)Nc1cc(S(=O)(=O)N(CC)CC)ccc1N1CCCC1. The van der Waals surface area contributed by atoms with Gasteiger partial charge in [-0.15, -0.1) is 0 Å². The number of nitrogens with zero attached hydrogens (tertiary/aromatic N) is 2. The van der Waals surface area contributed by atoms with Gasteiger partial charge in [0.2, 0.25) is 10.0 Å². The minimum atomic E-state index is -3.51. The fourth-order valence-corrected chi connectivity index (χ4v) is 4.96. The summed E-state index contributed by atoms with van der Waals surface area (Å²) in [6.07, 6.45) is 4.43. The highest BCUT2D eigenvalue weighted by Crippen LogP contribution is 2.32. The van der Waals surface area contributed by atoms with E-state index in [4.69, 9.17) is 12.2 Å². The molecular formula is C19H32N4O2S2. The number of unbranched alkanes of at least 4 members (excludes halogenated alkanes) is 1. The molecule has 1 aliphatic heterocycles.